The zero-order valence-corrected chi connectivity index (χ0v) is 15.4. The van der Waals surface area contributed by atoms with Crippen molar-refractivity contribution in [2.75, 3.05) is 7.11 Å². The number of carbonyl (C=O) groups is 2. The fourth-order valence-electron chi connectivity index (χ4n) is 2.84. The molecule has 1 aromatic rings. The molecule has 2 rings (SSSR count). The van der Waals surface area contributed by atoms with E-state index in [1.807, 2.05) is 0 Å². The van der Waals surface area contributed by atoms with Crippen LogP contribution in [0.3, 0.4) is 0 Å². The zero-order valence-electron chi connectivity index (χ0n) is 13.4. The molecule has 1 aliphatic carbocycles. The van der Waals surface area contributed by atoms with E-state index in [1.165, 1.54) is 19.2 Å². The molecule has 2 unspecified atom stereocenters. The van der Waals surface area contributed by atoms with Crippen LogP contribution in [0.5, 0.6) is 0 Å². The molecule has 6 heteroatoms. The quantitative estimate of drug-likeness (QED) is 0.502. The second-order valence-electron chi connectivity index (χ2n) is 5.50. The molecule has 0 N–H and O–H groups in total. The van der Waals surface area contributed by atoms with Gasteiger partial charge in [0.2, 0.25) is 0 Å². The minimum absolute atomic E-state index is 0. The summed E-state index contributed by atoms with van der Waals surface area (Å²) in [5, 5.41) is 11.9. The van der Waals surface area contributed by atoms with E-state index in [9.17, 15) is 19.1 Å². The van der Waals surface area contributed by atoms with E-state index in [1.54, 1.807) is 12.1 Å². The Bertz CT molecular complexity index is 583. The third-order valence-electron chi connectivity index (χ3n) is 3.95. The average Bonchev–Trinajstić information content (AvgIpc) is 2.48. The fourth-order valence-corrected chi connectivity index (χ4v) is 2.84. The molecule has 0 saturated carbocycles. The first-order chi connectivity index (χ1) is 10.5. The third-order valence-corrected chi connectivity index (χ3v) is 3.95. The number of carbonyl (C=O) groups excluding carboxylic acids is 2. The van der Waals surface area contributed by atoms with Gasteiger partial charge in [-0.1, -0.05) is 12.1 Å². The van der Waals surface area contributed by atoms with Gasteiger partial charge in [-0.2, -0.15) is 0 Å². The van der Waals surface area contributed by atoms with Crippen molar-refractivity contribution < 1.29 is 53.4 Å². The van der Waals surface area contributed by atoms with Gasteiger partial charge in [-0.3, -0.25) is 9.59 Å². The van der Waals surface area contributed by atoms with Gasteiger partial charge in [-0.15, -0.1) is 5.76 Å². The minimum Gasteiger partial charge on any atom is -0.875 e. The Hall–Kier alpha value is -1.17. The van der Waals surface area contributed by atoms with Gasteiger partial charge in [0, 0.05) is 6.42 Å². The first-order valence-corrected chi connectivity index (χ1v) is 7.25. The monoisotopic (exact) mass is 328 g/mol. The van der Waals surface area contributed by atoms with E-state index >= 15 is 0 Å². The number of rotatable bonds is 5. The van der Waals surface area contributed by atoms with E-state index in [-0.39, 0.29) is 53.5 Å². The number of benzene rings is 1. The van der Waals surface area contributed by atoms with Crippen molar-refractivity contribution in [1.82, 2.24) is 0 Å². The maximum atomic E-state index is 12.8. The molecule has 0 bridgehead atoms. The number of hydrogen-bond acceptors (Lipinski definition) is 4. The van der Waals surface area contributed by atoms with Crippen LogP contribution in [0.15, 0.2) is 36.1 Å². The van der Waals surface area contributed by atoms with Crippen LogP contribution >= 0.6 is 0 Å². The molecule has 0 aliphatic heterocycles. The second-order valence-corrected chi connectivity index (χ2v) is 5.50. The maximum absolute atomic E-state index is 12.8. The Morgan fingerprint density at radius 1 is 1.35 bits per heavy atom. The van der Waals surface area contributed by atoms with E-state index in [4.69, 9.17) is 0 Å². The van der Waals surface area contributed by atoms with Crippen molar-refractivity contribution in [1.29, 1.82) is 0 Å². The number of hydrogen-bond donors (Lipinski definition) is 0. The average molecular weight is 328 g/mol. The Morgan fingerprint density at radius 2 is 2.00 bits per heavy atom. The summed E-state index contributed by atoms with van der Waals surface area (Å²) in [4.78, 5) is 23.3. The molecule has 2 atom stereocenters. The number of ketones is 1. The smallest absolute Gasteiger partial charge is 0.875 e. The van der Waals surface area contributed by atoms with Crippen molar-refractivity contribution in [2.45, 2.75) is 25.7 Å². The van der Waals surface area contributed by atoms with Crippen LogP contribution < -0.4 is 34.7 Å². The standard InChI is InChI=1S/C17H19FO4.Na/c1-22-17(21)16-12(9-14(19)10-15(16)20)4-2-3-11-5-7-13(18)8-6-11;/h5-8,10,12,16,20H,2-4,9H2,1H3;/q;+1/p-1. The van der Waals surface area contributed by atoms with E-state index < -0.39 is 17.6 Å². The summed E-state index contributed by atoms with van der Waals surface area (Å²) >= 11 is 0. The molecule has 0 fully saturated rings. The van der Waals surface area contributed by atoms with E-state index in [2.05, 4.69) is 4.74 Å². The number of methoxy groups -OCH3 is 1. The van der Waals surface area contributed by atoms with Gasteiger partial charge in [0.15, 0.2) is 5.78 Å². The Kier molecular flexibility index (Phi) is 7.95. The van der Waals surface area contributed by atoms with Crippen molar-refractivity contribution in [3.05, 3.63) is 47.5 Å². The summed E-state index contributed by atoms with van der Waals surface area (Å²) < 4.78 is 17.5. The summed E-state index contributed by atoms with van der Waals surface area (Å²) in [5.74, 6) is -2.77. The number of esters is 1. The Labute approximate surface area is 157 Å². The molecule has 0 saturated heterocycles. The van der Waals surface area contributed by atoms with Crippen LogP contribution in [0.2, 0.25) is 0 Å². The van der Waals surface area contributed by atoms with Crippen molar-refractivity contribution in [3.63, 3.8) is 0 Å². The summed E-state index contributed by atoms with van der Waals surface area (Å²) in [7, 11) is 1.24. The second kappa shape index (κ2) is 9.21. The molecule has 1 aliphatic rings. The predicted molar refractivity (Wildman–Crippen MR) is 76.0 cm³/mol. The fraction of sp³-hybridized carbons (Fsp3) is 0.412. The number of halogens is 1. The minimum atomic E-state index is -0.879. The molecular weight excluding hydrogens is 310 g/mol. The Morgan fingerprint density at radius 3 is 2.61 bits per heavy atom. The molecule has 0 aromatic heterocycles. The van der Waals surface area contributed by atoms with Crippen molar-refractivity contribution in [3.8, 4) is 0 Å². The first kappa shape index (κ1) is 19.9. The van der Waals surface area contributed by atoms with Gasteiger partial charge in [0.25, 0.3) is 0 Å². The molecular formula is C17H18FNaO4. The summed E-state index contributed by atoms with van der Waals surface area (Å²) in [6.45, 7) is 0. The van der Waals surface area contributed by atoms with Crippen molar-refractivity contribution >= 4 is 11.8 Å². The van der Waals surface area contributed by atoms with Gasteiger partial charge in [0.05, 0.1) is 13.0 Å². The summed E-state index contributed by atoms with van der Waals surface area (Å²) in [6, 6.07) is 6.21. The zero-order chi connectivity index (χ0) is 16.1. The first-order valence-electron chi connectivity index (χ1n) is 7.25. The van der Waals surface area contributed by atoms with Crippen LogP contribution in [0.25, 0.3) is 0 Å². The van der Waals surface area contributed by atoms with Gasteiger partial charge in [0.1, 0.15) is 5.82 Å². The van der Waals surface area contributed by atoms with Gasteiger partial charge >= 0.3 is 35.5 Å². The molecule has 1 aromatic carbocycles. The number of allylic oxidation sites excluding steroid dienone is 1. The Balaban J connectivity index is 0.00000264. The number of ether oxygens (including phenoxy) is 1. The number of aryl methyl sites for hydroxylation is 1. The molecule has 0 spiro atoms. The largest absolute Gasteiger partial charge is 1.00 e. The van der Waals surface area contributed by atoms with E-state index in [0.717, 1.165) is 11.6 Å². The van der Waals surface area contributed by atoms with E-state index in [0.29, 0.717) is 19.3 Å². The van der Waals surface area contributed by atoms with Crippen LogP contribution in [0.4, 0.5) is 4.39 Å². The third kappa shape index (κ3) is 5.44. The molecule has 4 nitrogen and oxygen atoms in total. The summed E-state index contributed by atoms with van der Waals surface area (Å²) in [6.07, 6.45) is 3.18. The van der Waals surface area contributed by atoms with Gasteiger partial charge in [-0.05, 0) is 49.0 Å². The summed E-state index contributed by atoms with van der Waals surface area (Å²) in [5.41, 5.74) is 0.982. The topological polar surface area (TPSA) is 66.4 Å². The van der Waals surface area contributed by atoms with Crippen LogP contribution in [0, 0.1) is 17.7 Å². The molecule has 118 valence electrons. The predicted octanol–water partition coefficient (Wildman–Crippen LogP) is -1.23. The van der Waals surface area contributed by atoms with Crippen LogP contribution in [0.1, 0.15) is 24.8 Å². The van der Waals surface area contributed by atoms with Crippen LogP contribution in [-0.4, -0.2) is 18.9 Å². The van der Waals surface area contributed by atoms with Crippen molar-refractivity contribution in [2.24, 2.45) is 11.8 Å². The van der Waals surface area contributed by atoms with Gasteiger partial charge < -0.3 is 9.84 Å². The molecule has 0 amide bonds. The molecule has 0 radical (unpaired) electrons. The SMILES string of the molecule is COC(=O)C1C([O-])=CC(=O)CC1CCCc1ccc(F)cc1.[Na+]. The van der Waals surface area contributed by atoms with Gasteiger partial charge in [-0.25, -0.2) is 4.39 Å². The molecule has 0 heterocycles. The van der Waals surface area contributed by atoms with Crippen LogP contribution in [-0.2, 0) is 20.7 Å². The maximum Gasteiger partial charge on any atom is 1.00 e. The molecule has 23 heavy (non-hydrogen) atoms. The normalized spacial score (nSPS) is 20.4.